The van der Waals surface area contributed by atoms with Gasteiger partial charge in [-0.1, -0.05) is 36.4 Å². The summed E-state index contributed by atoms with van der Waals surface area (Å²) in [6.45, 7) is 6.21. The molecule has 0 saturated heterocycles. The fourth-order valence-corrected chi connectivity index (χ4v) is 4.93. The van der Waals surface area contributed by atoms with Gasteiger partial charge >= 0.3 is 5.97 Å². The Labute approximate surface area is 204 Å². The number of thiophene rings is 1. The Bertz CT molecular complexity index is 1180. The molecule has 0 atom stereocenters. The number of halogens is 1. The largest absolute Gasteiger partial charge is 0.496 e. The van der Waals surface area contributed by atoms with E-state index < -0.39 is 5.97 Å². The lowest BCUT2D eigenvalue weighted by molar-refractivity contribution is -0.113. The Hall–Kier alpha value is -2.82. The third-order valence-electron chi connectivity index (χ3n) is 4.55. The van der Waals surface area contributed by atoms with Gasteiger partial charge in [0.25, 0.3) is 0 Å². The minimum absolute atomic E-state index is 0.0714. The van der Waals surface area contributed by atoms with Crippen LogP contribution in [0.25, 0.3) is 11.4 Å². The SMILES string of the molecule is C=CCn1c(SCC(=O)Nc2sc(CC)cc2C(=O)OC)nnc1-c1cc(Cl)ccc1OC. The number of rotatable bonds is 10. The summed E-state index contributed by atoms with van der Waals surface area (Å²) in [4.78, 5) is 25.7. The summed E-state index contributed by atoms with van der Waals surface area (Å²) in [5, 5.41) is 12.9. The second-order valence-electron chi connectivity index (χ2n) is 6.69. The summed E-state index contributed by atoms with van der Waals surface area (Å²) in [7, 11) is 2.88. The number of amides is 1. The first kappa shape index (κ1) is 24.8. The number of nitrogens with one attached hydrogen (secondary N) is 1. The molecule has 1 N–H and O–H groups in total. The van der Waals surface area contributed by atoms with Gasteiger partial charge in [-0.25, -0.2) is 4.79 Å². The highest BCUT2D eigenvalue weighted by atomic mass is 35.5. The number of nitrogens with zero attached hydrogens (tertiary/aromatic N) is 3. The summed E-state index contributed by atoms with van der Waals surface area (Å²) in [5.41, 5.74) is 1.03. The molecule has 33 heavy (non-hydrogen) atoms. The molecule has 2 aromatic heterocycles. The van der Waals surface area contributed by atoms with E-state index >= 15 is 0 Å². The van der Waals surface area contributed by atoms with Gasteiger partial charge in [-0.15, -0.1) is 28.1 Å². The molecule has 174 valence electrons. The van der Waals surface area contributed by atoms with Gasteiger partial charge in [0, 0.05) is 16.4 Å². The fourth-order valence-electron chi connectivity index (χ4n) is 3.01. The maximum atomic E-state index is 12.6. The van der Waals surface area contributed by atoms with Crippen LogP contribution in [0.1, 0.15) is 22.2 Å². The summed E-state index contributed by atoms with van der Waals surface area (Å²) < 4.78 is 12.1. The summed E-state index contributed by atoms with van der Waals surface area (Å²) in [6.07, 6.45) is 2.47. The number of aryl methyl sites for hydroxylation is 1. The minimum Gasteiger partial charge on any atom is -0.496 e. The van der Waals surface area contributed by atoms with E-state index in [0.29, 0.717) is 44.4 Å². The van der Waals surface area contributed by atoms with Gasteiger partial charge < -0.3 is 14.8 Å². The van der Waals surface area contributed by atoms with Gasteiger partial charge in [0.05, 0.1) is 31.1 Å². The van der Waals surface area contributed by atoms with E-state index in [4.69, 9.17) is 21.1 Å². The van der Waals surface area contributed by atoms with Crippen LogP contribution in [0, 0.1) is 0 Å². The molecule has 2 heterocycles. The van der Waals surface area contributed by atoms with E-state index in [2.05, 4.69) is 22.1 Å². The van der Waals surface area contributed by atoms with Crippen molar-refractivity contribution >= 4 is 51.6 Å². The van der Waals surface area contributed by atoms with Gasteiger partial charge in [-0.05, 0) is 30.7 Å². The molecule has 3 rings (SSSR count). The molecule has 0 bridgehead atoms. The molecule has 1 amide bonds. The molecular weight excluding hydrogens is 484 g/mol. The molecule has 8 nitrogen and oxygen atoms in total. The number of methoxy groups -OCH3 is 2. The lowest BCUT2D eigenvalue weighted by Gasteiger charge is -2.11. The fraction of sp³-hybridized carbons (Fsp3) is 0.273. The second kappa shape index (κ2) is 11.4. The molecule has 0 fully saturated rings. The van der Waals surface area contributed by atoms with Crippen molar-refractivity contribution in [3.8, 4) is 17.1 Å². The Kier molecular flexibility index (Phi) is 8.54. The van der Waals surface area contributed by atoms with Gasteiger partial charge in [0.2, 0.25) is 5.91 Å². The smallest absolute Gasteiger partial charge is 0.340 e. The number of aromatic nitrogens is 3. The number of carbonyl (C=O) groups is 2. The Morgan fingerprint density at radius 3 is 2.76 bits per heavy atom. The van der Waals surface area contributed by atoms with E-state index in [9.17, 15) is 9.59 Å². The summed E-state index contributed by atoms with van der Waals surface area (Å²) in [6, 6.07) is 6.98. The first-order chi connectivity index (χ1) is 15.9. The van der Waals surface area contributed by atoms with Crippen molar-refractivity contribution in [1.82, 2.24) is 14.8 Å². The highest BCUT2D eigenvalue weighted by Crippen LogP contribution is 2.34. The van der Waals surface area contributed by atoms with Crippen molar-refractivity contribution in [3.05, 3.63) is 52.4 Å². The number of benzene rings is 1. The number of carbonyl (C=O) groups excluding carboxylic acids is 2. The van der Waals surface area contributed by atoms with Crippen molar-refractivity contribution in [2.45, 2.75) is 25.0 Å². The molecule has 0 aliphatic rings. The van der Waals surface area contributed by atoms with Crippen molar-refractivity contribution in [3.63, 3.8) is 0 Å². The van der Waals surface area contributed by atoms with Crippen LogP contribution in [0.2, 0.25) is 5.02 Å². The maximum Gasteiger partial charge on any atom is 0.340 e. The van der Waals surface area contributed by atoms with E-state index in [1.807, 2.05) is 11.5 Å². The standard InChI is InChI=1S/C22H23ClN4O4S2/c1-5-9-27-19(15-10-13(23)7-8-17(15)30-3)25-26-22(27)32-12-18(28)24-20-16(21(29)31-4)11-14(6-2)33-20/h5,7-8,10-11H,1,6,9,12H2,2-4H3,(H,24,28). The lowest BCUT2D eigenvalue weighted by Crippen LogP contribution is -2.16. The van der Waals surface area contributed by atoms with Gasteiger partial charge in [0.1, 0.15) is 10.8 Å². The average Bonchev–Trinajstić information content (AvgIpc) is 3.41. The van der Waals surface area contributed by atoms with Crippen LogP contribution in [0.5, 0.6) is 5.75 Å². The monoisotopic (exact) mass is 506 g/mol. The predicted molar refractivity (Wildman–Crippen MR) is 132 cm³/mol. The molecule has 0 aliphatic carbocycles. The van der Waals surface area contributed by atoms with Crippen molar-refractivity contribution in [2.75, 3.05) is 25.3 Å². The molecule has 1 aromatic carbocycles. The minimum atomic E-state index is -0.486. The Morgan fingerprint density at radius 1 is 1.30 bits per heavy atom. The summed E-state index contributed by atoms with van der Waals surface area (Å²) >= 11 is 8.75. The van der Waals surface area contributed by atoms with E-state index in [1.54, 1.807) is 37.5 Å². The Morgan fingerprint density at radius 2 is 2.09 bits per heavy atom. The molecule has 3 aromatic rings. The molecule has 0 aliphatic heterocycles. The molecule has 0 unspecified atom stereocenters. The molecule has 0 spiro atoms. The first-order valence-corrected chi connectivity index (χ1v) is 12.1. The second-order valence-corrected chi connectivity index (χ2v) is 9.20. The third-order valence-corrected chi connectivity index (χ3v) is 6.95. The Balaban J connectivity index is 1.79. The zero-order chi connectivity index (χ0) is 24.0. The topological polar surface area (TPSA) is 95.3 Å². The molecule has 0 saturated carbocycles. The van der Waals surface area contributed by atoms with Crippen LogP contribution in [0.15, 0.2) is 42.1 Å². The zero-order valence-electron chi connectivity index (χ0n) is 18.4. The van der Waals surface area contributed by atoms with Crippen LogP contribution >= 0.6 is 34.7 Å². The van der Waals surface area contributed by atoms with Crippen LogP contribution < -0.4 is 10.1 Å². The number of esters is 1. The van der Waals surface area contributed by atoms with Crippen molar-refractivity contribution in [2.24, 2.45) is 0 Å². The highest BCUT2D eigenvalue weighted by molar-refractivity contribution is 7.99. The highest BCUT2D eigenvalue weighted by Gasteiger charge is 2.21. The number of hydrogen-bond donors (Lipinski definition) is 1. The maximum absolute atomic E-state index is 12.6. The number of hydrogen-bond acceptors (Lipinski definition) is 8. The van der Waals surface area contributed by atoms with Crippen molar-refractivity contribution in [1.29, 1.82) is 0 Å². The number of ether oxygens (including phenoxy) is 2. The van der Waals surface area contributed by atoms with Crippen molar-refractivity contribution < 1.29 is 19.1 Å². The van der Waals surface area contributed by atoms with Crippen LogP contribution in [0.4, 0.5) is 5.00 Å². The summed E-state index contributed by atoms with van der Waals surface area (Å²) in [5.74, 6) is 0.466. The van der Waals surface area contributed by atoms with Gasteiger partial charge in [-0.2, -0.15) is 0 Å². The molecular formula is C22H23ClN4O4S2. The zero-order valence-corrected chi connectivity index (χ0v) is 20.8. The molecule has 0 radical (unpaired) electrons. The van der Waals surface area contributed by atoms with Gasteiger partial charge in [-0.3, -0.25) is 9.36 Å². The predicted octanol–water partition coefficient (Wildman–Crippen LogP) is 4.93. The number of thioether (sulfide) groups is 1. The quantitative estimate of drug-likeness (QED) is 0.236. The van der Waals surface area contributed by atoms with E-state index in [-0.39, 0.29) is 11.7 Å². The lowest BCUT2D eigenvalue weighted by atomic mass is 10.2. The normalized spacial score (nSPS) is 10.7. The van der Waals surface area contributed by atoms with Crippen LogP contribution in [0.3, 0.4) is 0 Å². The average molecular weight is 507 g/mol. The first-order valence-electron chi connectivity index (χ1n) is 9.93. The molecule has 11 heteroatoms. The van der Waals surface area contributed by atoms with Crippen LogP contribution in [-0.2, 0) is 22.5 Å². The van der Waals surface area contributed by atoms with E-state index in [0.717, 1.165) is 11.3 Å². The number of allylic oxidation sites excluding steroid dienone is 1. The third kappa shape index (κ3) is 5.76. The van der Waals surface area contributed by atoms with Gasteiger partial charge in [0.15, 0.2) is 11.0 Å². The van der Waals surface area contributed by atoms with Crippen LogP contribution in [-0.4, -0.2) is 46.6 Å². The van der Waals surface area contributed by atoms with E-state index in [1.165, 1.54) is 30.2 Å². The number of anilines is 1.